The molecule has 0 saturated carbocycles. The molecule has 1 aromatic heterocycles. The molecule has 0 bridgehead atoms. The van der Waals surface area contributed by atoms with Crippen molar-refractivity contribution in [3.63, 3.8) is 0 Å². The number of benzene rings is 3. The Morgan fingerprint density at radius 3 is 2.36 bits per heavy atom. The maximum absolute atomic E-state index is 13.5. The molecule has 1 amide bonds. The summed E-state index contributed by atoms with van der Waals surface area (Å²) in [6.45, 7) is 0.392. The van der Waals surface area contributed by atoms with E-state index in [0.717, 1.165) is 5.56 Å². The number of hydrogen-bond acceptors (Lipinski definition) is 5. The number of furan rings is 1. The summed E-state index contributed by atoms with van der Waals surface area (Å²) in [5, 5.41) is 10.6. The molecule has 0 unspecified atom stereocenters. The van der Waals surface area contributed by atoms with Crippen LogP contribution in [0.3, 0.4) is 0 Å². The van der Waals surface area contributed by atoms with Gasteiger partial charge in [0.2, 0.25) is 5.91 Å². The number of halogens is 2. The molecule has 1 heterocycles. The number of fused-ring (bicyclic) bond motifs is 1. The Morgan fingerprint density at radius 1 is 1.00 bits per heavy atom. The van der Waals surface area contributed by atoms with E-state index in [9.17, 15) is 14.7 Å². The normalized spacial score (nSPS) is 11.0. The SMILES string of the molecule is NC(=O)CCc1oc2cc(OCc3ccccc3)ccc2c1C(=O)c1cc(Br)c(O)c(Br)c1. The average Bonchev–Trinajstić information content (AvgIpc) is 3.17. The van der Waals surface area contributed by atoms with E-state index >= 15 is 0 Å². The van der Waals surface area contributed by atoms with E-state index in [2.05, 4.69) is 31.9 Å². The van der Waals surface area contributed by atoms with Gasteiger partial charge in [-0.15, -0.1) is 0 Å². The van der Waals surface area contributed by atoms with Crippen molar-refractivity contribution in [2.75, 3.05) is 0 Å². The summed E-state index contributed by atoms with van der Waals surface area (Å²) < 4.78 is 12.6. The summed E-state index contributed by atoms with van der Waals surface area (Å²) in [7, 11) is 0. The predicted molar refractivity (Wildman–Crippen MR) is 131 cm³/mol. The van der Waals surface area contributed by atoms with E-state index in [1.54, 1.807) is 18.2 Å². The van der Waals surface area contributed by atoms with Gasteiger partial charge < -0.3 is 20.0 Å². The first-order chi connectivity index (χ1) is 15.8. The van der Waals surface area contributed by atoms with Crippen molar-refractivity contribution in [3.05, 3.63) is 92.1 Å². The quantitative estimate of drug-likeness (QED) is 0.256. The third-order valence-corrected chi connectivity index (χ3v) is 6.30. The second kappa shape index (κ2) is 9.80. The number of aryl methyl sites for hydroxylation is 1. The minimum Gasteiger partial charge on any atom is -0.506 e. The molecular formula is C25H19Br2NO5. The van der Waals surface area contributed by atoms with E-state index in [1.165, 1.54) is 12.1 Å². The zero-order valence-corrected chi connectivity index (χ0v) is 20.5. The Bertz CT molecular complexity index is 1320. The summed E-state index contributed by atoms with van der Waals surface area (Å²) in [5.41, 5.74) is 7.52. The van der Waals surface area contributed by atoms with Gasteiger partial charge in [-0.2, -0.15) is 0 Å². The maximum Gasteiger partial charge on any atom is 0.217 e. The summed E-state index contributed by atoms with van der Waals surface area (Å²) in [6.07, 6.45) is 0.228. The number of ether oxygens (including phenoxy) is 1. The predicted octanol–water partition coefficient (Wildman–Crippen LogP) is 5.89. The Morgan fingerprint density at radius 2 is 1.70 bits per heavy atom. The molecule has 0 fully saturated rings. The molecule has 0 atom stereocenters. The van der Waals surface area contributed by atoms with Crippen molar-refractivity contribution < 1.29 is 23.8 Å². The van der Waals surface area contributed by atoms with E-state index in [4.69, 9.17) is 14.9 Å². The Labute approximate surface area is 206 Å². The molecule has 4 rings (SSSR count). The highest BCUT2D eigenvalue weighted by molar-refractivity contribution is 9.11. The van der Waals surface area contributed by atoms with Gasteiger partial charge in [0.25, 0.3) is 0 Å². The molecule has 0 aliphatic heterocycles. The molecule has 0 aliphatic carbocycles. The van der Waals surface area contributed by atoms with Gasteiger partial charge >= 0.3 is 0 Å². The lowest BCUT2D eigenvalue weighted by Crippen LogP contribution is -2.12. The molecule has 33 heavy (non-hydrogen) atoms. The number of ketones is 1. The smallest absolute Gasteiger partial charge is 0.217 e. The topological polar surface area (TPSA) is 103 Å². The van der Waals surface area contributed by atoms with Gasteiger partial charge in [-0.3, -0.25) is 9.59 Å². The molecule has 6 nitrogen and oxygen atoms in total. The largest absolute Gasteiger partial charge is 0.506 e. The van der Waals surface area contributed by atoms with Crippen LogP contribution in [0.4, 0.5) is 0 Å². The third kappa shape index (κ3) is 5.12. The van der Waals surface area contributed by atoms with Crippen LogP contribution in [0.5, 0.6) is 11.5 Å². The highest BCUT2D eigenvalue weighted by Gasteiger charge is 2.24. The fraction of sp³-hybridized carbons (Fsp3) is 0.120. The number of primary amides is 1. The summed E-state index contributed by atoms with van der Waals surface area (Å²) in [5.74, 6) is 0.172. The monoisotopic (exact) mass is 571 g/mol. The van der Waals surface area contributed by atoms with Crippen LogP contribution in [0, 0.1) is 0 Å². The van der Waals surface area contributed by atoms with Crippen LogP contribution in [-0.2, 0) is 17.8 Å². The van der Waals surface area contributed by atoms with Crippen molar-refractivity contribution in [1.82, 2.24) is 0 Å². The lowest BCUT2D eigenvalue weighted by molar-refractivity contribution is -0.118. The van der Waals surface area contributed by atoms with Crippen LogP contribution in [0.1, 0.15) is 33.7 Å². The van der Waals surface area contributed by atoms with E-state index in [-0.39, 0.29) is 24.4 Å². The summed E-state index contributed by atoms with van der Waals surface area (Å²) in [4.78, 5) is 24.8. The number of phenolic OH excluding ortho intramolecular Hbond substituents is 1. The number of rotatable bonds is 8. The van der Waals surface area contributed by atoms with Crippen molar-refractivity contribution in [2.24, 2.45) is 5.73 Å². The fourth-order valence-corrected chi connectivity index (χ4v) is 4.65. The minimum atomic E-state index is -0.490. The molecule has 4 aromatic rings. The van der Waals surface area contributed by atoms with E-state index in [1.807, 2.05) is 30.3 Å². The molecule has 0 saturated heterocycles. The summed E-state index contributed by atoms with van der Waals surface area (Å²) >= 11 is 6.52. The number of nitrogens with two attached hydrogens (primary N) is 1. The molecule has 0 radical (unpaired) electrons. The zero-order valence-electron chi connectivity index (χ0n) is 17.3. The Hall–Kier alpha value is -3.10. The summed E-state index contributed by atoms with van der Waals surface area (Å²) in [6, 6.07) is 18.1. The van der Waals surface area contributed by atoms with Gasteiger partial charge in [-0.1, -0.05) is 30.3 Å². The van der Waals surface area contributed by atoms with Crippen LogP contribution in [0.25, 0.3) is 11.0 Å². The number of amides is 1. The highest BCUT2D eigenvalue weighted by Crippen LogP contribution is 2.36. The maximum atomic E-state index is 13.5. The Balaban J connectivity index is 1.72. The lowest BCUT2D eigenvalue weighted by atomic mass is 9.98. The van der Waals surface area contributed by atoms with Crippen molar-refractivity contribution >= 4 is 54.5 Å². The van der Waals surface area contributed by atoms with Gasteiger partial charge in [0, 0.05) is 29.9 Å². The molecule has 0 spiro atoms. The van der Waals surface area contributed by atoms with Gasteiger partial charge in [-0.25, -0.2) is 0 Å². The van der Waals surface area contributed by atoms with Crippen LogP contribution in [-0.4, -0.2) is 16.8 Å². The van der Waals surface area contributed by atoms with Crippen molar-refractivity contribution in [1.29, 1.82) is 0 Å². The number of carbonyl (C=O) groups is 2. The lowest BCUT2D eigenvalue weighted by Gasteiger charge is -2.07. The molecule has 0 aliphatic rings. The standard InChI is InChI=1S/C25H19Br2NO5/c26-18-10-15(11-19(27)25(18)31)24(30)23-17-7-6-16(32-13-14-4-2-1-3-5-14)12-21(17)33-20(23)8-9-22(28)29/h1-7,10-12,31H,8-9,13H2,(H2,28,29). The van der Waals surface area contributed by atoms with Gasteiger partial charge in [0.15, 0.2) is 5.78 Å². The van der Waals surface area contributed by atoms with Crippen LogP contribution in [0.2, 0.25) is 0 Å². The first-order valence-electron chi connectivity index (χ1n) is 10.1. The molecule has 3 aromatic carbocycles. The number of phenols is 1. The highest BCUT2D eigenvalue weighted by atomic mass is 79.9. The minimum absolute atomic E-state index is 0.00207. The van der Waals surface area contributed by atoms with Crippen molar-refractivity contribution in [2.45, 2.75) is 19.4 Å². The molecule has 8 heteroatoms. The first kappa shape index (κ1) is 23.1. The second-order valence-corrected chi connectivity index (χ2v) is 9.13. The van der Waals surface area contributed by atoms with Crippen LogP contribution < -0.4 is 10.5 Å². The third-order valence-electron chi connectivity index (χ3n) is 5.09. The van der Waals surface area contributed by atoms with Crippen LogP contribution >= 0.6 is 31.9 Å². The van der Waals surface area contributed by atoms with E-state index in [0.29, 0.717) is 49.2 Å². The van der Waals surface area contributed by atoms with Gasteiger partial charge in [0.05, 0.1) is 14.5 Å². The molecular weight excluding hydrogens is 554 g/mol. The first-order valence-corrected chi connectivity index (χ1v) is 11.6. The molecule has 168 valence electrons. The number of aromatic hydroxyl groups is 1. The molecule has 3 N–H and O–H groups in total. The van der Waals surface area contributed by atoms with Crippen molar-refractivity contribution in [3.8, 4) is 11.5 Å². The van der Waals surface area contributed by atoms with E-state index < -0.39 is 5.91 Å². The Kier molecular flexibility index (Phi) is 6.85. The fourth-order valence-electron chi connectivity index (χ4n) is 3.46. The van der Waals surface area contributed by atoms with Gasteiger partial charge in [0.1, 0.15) is 29.4 Å². The number of carbonyl (C=O) groups excluding carboxylic acids is 2. The average molecular weight is 573 g/mol. The number of hydrogen-bond donors (Lipinski definition) is 2. The second-order valence-electron chi connectivity index (χ2n) is 7.42. The van der Waals surface area contributed by atoms with Crippen LogP contribution in [0.15, 0.2) is 74.0 Å². The van der Waals surface area contributed by atoms with Gasteiger partial charge in [-0.05, 0) is 61.7 Å². The zero-order chi connectivity index (χ0) is 23.5.